The highest BCUT2D eigenvalue weighted by Gasteiger charge is 2.26. The van der Waals surface area contributed by atoms with E-state index in [-0.39, 0.29) is 11.9 Å². The normalized spacial score (nSPS) is 20.1. The fourth-order valence-electron chi connectivity index (χ4n) is 2.01. The maximum absolute atomic E-state index is 11.5. The summed E-state index contributed by atoms with van der Waals surface area (Å²) in [6, 6.07) is 5.34. The van der Waals surface area contributed by atoms with Gasteiger partial charge in [-0.1, -0.05) is 23.2 Å². The number of benzene rings is 1. The largest absolute Gasteiger partial charge is 0.341 e. The average Bonchev–Trinajstić information content (AvgIpc) is 2.59. The van der Waals surface area contributed by atoms with Crippen LogP contribution in [0.25, 0.3) is 0 Å². The maximum Gasteiger partial charge on any atom is 0.224 e. The lowest BCUT2D eigenvalue weighted by Crippen LogP contribution is -2.30. The van der Waals surface area contributed by atoms with E-state index < -0.39 is 0 Å². The molecule has 0 spiro atoms. The molecule has 92 valence electrons. The topological polar surface area (TPSA) is 46.3 Å². The zero-order valence-electron chi connectivity index (χ0n) is 9.33. The van der Waals surface area contributed by atoms with Gasteiger partial charge in [0.25, 0.3) is 0 Å². The van der Waals surface area contributed by atoms with Crippen LogP contribution in [-0.2, 0) is 11.2 Å². The molecule has 1 amide bonds. The number of likely N-dealkylation sites (tertiary alicyclic amines) is 1. The van der Waals surface area contributed by atoms with E-state index in [2.05, 4.69) is 0 Å². The standard InChI is InChI=1S/C12H14Cl2N2O/c13-9-1-2-11(14)8(5-9)3-4-16-7-10(15)6-12(16)17/h1-2,5,10H,3-4,6-7,15H2. The zero-order valence-corrected chi connectivity index (χ0v) is 10.8. The van der Waals surface area contributed by atoms with Gasteiger partial charge in [0.2, 0.25) is 5.91 Å². The van der Waals surface area contributed by atoms with Gasteiger partial charge in [0, 0.05) is 35.6 Å². The van der Waals surface area contributed by atoms with Gasteiger partial charge in [0.05, 0.1) is 0 Å². The first-order chi connectivity index (χ1) is 8.06. The monoisotopic (exact) mass is 272 g/mol. The van der Waals surface area contributed by atoms with Crippen molar-refractivity contribution in [1.29, 1.82) is 0 Å². The molecule has 1 aromatic carbocycles. The number of carbonyl (C=O) groups excluding carboxylic acids is 1. The first kappa shape index (κ1) is 12.7. The van der Waals surface area contributed by atoms with E-state index in [1.54, 1.807) is 17.0 Å². The van der Waals surface area contributed by atoms with Gasteiger partial charge in [-0.15, -0.1) is 0 Å². The summed E-state index contributed by atoms with van der Waals surface area (Å²) < 4.78 is 0. The first-order valence-corrected chi connectivity index (χ1v) is 6.29. The van der Waals surface area contributed by atoms with E-state index in [0.717, 1.165) is 5.56 Å². The van der Waals surface area contributed by atoms with Crippen molar-refractivity contribution in [2.24, 2.45) is 5.73 Å². The average molecular weight is 273 g/mol. The number of nitrogens with two attached hydrogens (primary N) is 1. The predicted molar refractivity (Wildman–Crippen MR) is 69.3 cm³/mol. The van der Waals surface area contributed by atoms with Crippen molar-refractivity contribution in [3.63, 3.8) is 0 Å². The molecule has 3 nitrogen and oxygen atoms in total. The van der Waals surface area contributed by atoms with Crippen molar-refractivity contribution in [3.8, 4) is 0 Å². The fraction of sp³-hybridized carbons (Fsp3) is 0.417. The van der Waals surface area contributed by atoms with Crippen LogP contribution in [-0.4, -0.2) is 29.9 Å². The molecule has 1 aromatic rings. The third kappa shape index (κ3) is 3.12. The van der Waals surface area contributed by atoms with Gasteiger partial charge < -0.3 is 10.6 Å². The summed E-state index contributed by atoms with van der Waals surface area (Å²) in [6.07, 6.45) is 1.15. The number of amides is 1. The molecule has 0 aliphatic carbocycles. The van der Waals surface area contributed by atoms with Crippen LogP contribution in [0.5, 0.6) is 0 Å². The van der Waals surface area contributed by atoms with Gasteiger partial charge in [0.15, 0.2) is 0 Å². The molecule has 17 heavy (non-hydrogen) atoms. The summed E-state index contributed by atoms with van der Waals surface area (Å²) in [5.74, 6) is 0.121. The Bertz CT molecular complexity index is 437. The van der Waals surface area contributed by atoms with Crippen LogP contribution in [0.2, 0.25) is 10.0 Å². The molecule has 1 aliphatic rings. The Morgan fingerprint density at radius 3 is 2.82 bits per heavy atom. The quantitative estimate of drug-likeness (QED) is 0.916. The molecule has 1 unspecified atom stereocenters. The minimum Gasteiger partial charge on any atom is -0.341 e. The highest BCUT2D eigenvalue weighted by atomic mass is 35.5. The maximum atomic E-state index is 11.5. The molecule has 0 radical (unpaired) electrons. The second-order valence-electron chi connectivity index (χ2n) is 4.29. The van der Waals surface area contributed by atoms with E-state index in [9.17, 15) is 4.79 Å². The number of hydrogen-bond donors (Lipinski definition) is 1. The summed E-state index contributed by atoms with van der Waals surface area (Å²) in [4.78, 5) is 13.3. The molecular weight excluding hydrogens is 259 g/mol. The van der Waals surface area contributed by atoms with E-state index in [1.807, 2.05) is 6.07 Å². The molecule has 1 heterocycles. The molecule has 2 N–H and O–H groups in total. The number of rotatable bonds is 3. The van der Waals surface area contributed by atoms with Gasteiger partial charge in [-0.2, -0.15) is 0 Å². The Morgan fingerprint density at radius 2 is 2.18 bits per heavy atom. The van der Waals surface area contributed by atoms with Crippen LogP contribution in [0, 0.1) is 0 Å². The van der Waals surface area contributed by atoms with Crippen molar-refractivity contribution in [2.45, 2.75) is 18.9 Å². The molecule has 0 saturated carbocycles. The number of nitrogens with zero attached hydrogens (tertiary/aromatic N) is 1. The lowest BCUT2D eigenvalue weighted by Gasteiger charge is -2.16. The van der Waals surface area contributed by atoms with Gasteiger partial charge >= 0.3 is 0 Å². The van der Waals surface area contributed by atoms with Crippen LogP contribution in [0.15, 0.2) is 18.2 Å². The van der Waals surface area contributed by atoms with Crippen molar-refractivity contribution in [1.82, 2.24) is 4.90 Å². The Hall–Kier alpha value is -0.770. The van der Waals surface area contributed by atoms with Crippen LogP contribution in [0.1, 0.15) is 12.0 Å². The van der Waals surface area contributed by atoms with E-state index in [0.29, 0.717) is 36.0 Å². The Morgan fingerprint density at radius 1 is 1.41 bits per heavy atom. The third-order valence-electron chi connectivity index (χ3n) is 2.90. The molecular formula is C12H14Cl2N2O. The Labute approximate surface area is 110 Å². The van der Waals surface area contributed by atoms with E-state index in [1.165, 1.54) is 0 Å². The molecule has 1 fully saturated rings. The molecule has 1 atom stereocenters. The van der Waals surface area contributed by atoms with Crippen molar-refractivity contribution in [2.75, 3.05) is 13.1 Å². The minimum atomic E-state index is -0.0302. The van der Waals surface area contributed by atoms with Crippen LogP contribution < -0.4 is 5.73 Å². The molecule has 0 aromatic heterocycles. The van der Waals surface area contributed by atoms with Crippen LogP contribution in [0.3, 0.4) is 0 Å². The smallest absolute Gasteiger partial charge is 0.224 e. The van der Waals surface area contributed by atoms with Gasteiger partial charge in [-0.05, 0) is 30.2 Å². The third-order valence-corrected chi connectivity index (χ3v) is 3.51. The second kappa shape index (κ2) is 5.25. The SMILES string of the molecule is NC1CC(=O)N(CCc2cc(Cl)ccc2Cl)C1. The van der Waals surface area contributed by atoms with E-state index in [4.69, 9.17) is 28.9 Å². The lowest BCUT2D eigenvalue weighted by atomic mass is 10.1. The Balaban J connectivity index is 1.98. The highest BCUT2D eigenvalue weighted by Crippen LogP contribution is 2.21. The summed E-state index contributed by atoms with van der Waals surface area (Å²) in [5.41, 5.74) is 6.69. The molecule has 1 saturated heterocycles. The lowest BCUT2D eigenvalue weighted by molar-refractivity contribution is -0.127. The van der Waals surface area contributed by atoms with E-state index >= 15 is 0 Å². The van der Waals surface area contributed by atoms with Crippen molar-refractivity contribution in [3.05, 3.63) is 33.8 Å². The number of halogens is 2. The van der Waals surface area contributed by atoms with Crippen LogP contribution >= 0.6 is 23.2 Å². The number of hydrogen-bond acceptors (Lipinski definition) is 2. The van der Waals surface area contributed by atoms with Gasteiger partial charge in [-0.25, -0.2) is 0 Å². The van der Waals surface area contributed by atoms with Gasteiger partial charge in [-0.3, -0.25) is 4.79 Å². The second-order valence-corrected chi connectivity index (χ2v) is 5.13. The molecule has 5 heteroatoms. The van der Waals surface area contributed by atoms with Crippen LogP contribution in [0.4, 0.5) is 0 Å². The fourth-order valence-corrected chi connectivity index (χ4v) is 2.42. The van der Waals surface area contributed by atoms with Crippen molar-refractivity contribution >= 4 is 29.1 Å². The predicted octanol–water partition coefficient (Wildman–Crippen LogP) is 2.10. The summed E-state index contributed by atoms with van der Waals surface area (Å²) in [7, 11) is 0. The minimum absolute atomic E-state index is 0.0302. The highest BCUT2D eigenvalue weighted by molar-refractivity contribution is 6.33. The molecule has 2 rings (SSSR count). The summed E-state index contributed by atoms with van der Waals surface area (Å²) in [5, 5.41) is 1.35. The summed E-state index contributed by atoms with van der Waals surface area (Å²) in [6.45, 7) is 1.28. The van der Waals surface area contributed by atoms with Gasteiger partial charge in [0.1, 0.15) is 0 Å². The molecule has 1 aliphatic heterocycles. The summed E-state index contributed by atoms with van der Waals surface area (Å²) >= 11 is 12.0. The molecule has 0 bridgehead atoms. The Kier molecular flexibility index (Phi) is 3.92. The van der Waals surface area contributed by atoms with Crippen molar-refractivity contribution < 1.29 is 4.79 Å². The number of carbonyl (C=O) groups is 1. The first-order valence-electron chi connectivity index (χ1n) is 5.53. The zero-order chi connectivity index (χ0) is 12.4.